The van der Waals surface area contributed by atoms with Crippen LogP contribution in [0.3, 0.4) is 0 Å². The first kappa shape index (κ1) is 17.2. The van der Waals surface area contributed by atoms with Gasteiger partial charge in [0.1, 0.15) is 11.9 Å². The fourth-order valence-electron chi connectivity index (χ4n) is 2.94. The Kier molecular flexibility index (Phi) is 4.88. The summed E-state index contributed by atoms with van der Waals surface area (Å²) in [4.78, 5) is 22.8. The first-order valence-corrected chi connectivity index (χ1v) is 8.53. The van der Waals surface area contributed by atoms with Crippen molar-refractivity contribution in [2.24, 2.45) is 0 Å². The Morgan fingerprint density at radius 3 is 2.68 bits per heavy atom. The fraction of sp³-hybridized carbons (Fsp3) is 0.421. The molecule has 1 aliphatic heterocycles. The van der Waals surface area contributed by atoms with Gasteiger partial charge in [0, 0.05) is 30.4 Å². The number of anilines is 1. The van der Waals surface area contributed by atoms with Gasteiger partial charge in [0.05, 0.1) is 6.54 Å². The van der Waals surface area contributed by atoms with Gasteiger partial charge in [0.15, 0.2) is 0 Å². The van der Waals surface area contributed by atoms with E-state index in [4.69, 9.17) is 4.74 Å². The molecule has 0 spiro atoms. The van der Waals surface area contributed by atoms with Crippen LogP contribution in [0, 0.1) is 27.7 Å². The number of carbonyl (C=O) groups is 1. The molecular weight excluding hydrogens is 316 g/mol. The Bertz CT molecular complexity index is 771. The van der Waals surface area contributed by atoms with Crippen molar-refractivity contribution in [2.75, 3.05) is 18.4 Å². The molecule has 1 atom stereocenters. The molecule has 1 aromatic carbocycles. The van der Waals surface area contributed by atoms with E-state index in [0.717, 1.165) is 23.4 Å². The number of hydrogen-bond donors (Lipinski definition) is 1. The van der Waals surface area contributed by atoms with Crippen molar-refractivity contribution in [3.05, 3.63) is 46.9 Å². The van der Waals surface area contributed by atoms with Crippen LogP contribution in [-0.4, -0.2) is 40.1 Å². The number of nitrogens with zero attached hydrogens (tertiary/aromatic N) is 3. The van der Waals surface area contributed by atoms with Gasteiger partial charge in [-0.1, -0.05) is 6.07 Å². The summed E-state index contributed by atoms with van der Waals surface area (Å²) in [7, 11) is 0. The summed E-state index contributed by atoms with van der Waals surface area (Å²) < 4.78 is 5.93. The second-order valence-electron chi connectivity index (χ2n) is 6.60. The SMILES string of the molecule is Cc1cc(OC2CCN(C(=O)Nc3ccc(C)c(C)c3)C2)nc(C)n1. The van der Waals surface area contributed by atoms with Crippen LogP contribution >= 0.6 is 0 Å². The van der Waals surface area contributed by atoms with Gasteiger partial charge in [-0.2, -0.15) is 4.98 Å². The maximum absolute atomic E-state index is 12.5. The highest BCUT2D eigenvalue weighted by Crippen LogP contribution is 2.19. The number of nitrogens with one attached hydrogen (secondary N) is 1. The lowest BCUT2D eigenvalue weighted by Crippen LogP contribution is -2.34. The van der Waals surface area contributed by atoms with Gasteiger partial charge in [0.25, 0.3) is 0 Å². The van der Waals surface area contributed by atoms with Gasteiger partial charge >= 0.3 is 6.03 Å². The number of amides is 2. The maximum atomic E-state index is 12.5. The van der Waals surface area contributed by atoms with Crippen LogP contribution in [0.5, 0.6) is 5.88 Å². The normalized spacial score (nSPS) is 16.8. The van der Waals surface area contributed by atoms with Gasteiger partial charge in [-0.3, -0.25) is 0 Å². The van der Waals surface area contributed by atoms with Gasteiger partial charge in [-0.15, -0.1) is 0 Å². The highest BCUT2D eigenvalue weighted by molar-refractivity contribution is 5.89. The molecule has 132 valence electrons. The molecule has 1 N–H and O–H groups in total. The van der Waals surface area contributed by atoms with Gasteiger partial charge in [-0.25, -0.2) is 9.78 Å². The fourth-order valence-corrected chi connectivity index (χ4v) is 2.94. The second kappa shape index (κ2) is 7.09. The zero-order valence-corrected chi connectivity index (χ0v) is 15.2. The Labute approximate surface area is 148 Å². The maximum Gasteiger partial charge on any atom is 0.321 e. The van der Waals surface area contributed by atoms with Crippen LogP contribution in [0.2, 0.25) is 0 Å². The lowest BCUT2D eigenvalue weighted by Gasteiger charge is -2.18. The highest BCUT2D eigenvalue weighted by atomic mass is 16.5. The second-order valence-corrected chi connectivity index (χ2v) is 6.60. The third kappa shape index (κ3) is 4.26. The molecular formula is C19H24N4O2. The molecule has 0 aliphatic carbocycles. The van der Waals surface area contributed by atoms with Crippen molar-refractivity contribution < 1.29 is 9.53 Å². The number of benzene rings is 1. The molecule has 6 nitrogen and oxygen atoms in total. The molecule has 2 amide bonds. The van der Waals surface area contributed by atoms with Crippen molar-refractivity contribution >= 4 is 11.7 Å². The Balaban J connectivity index is 1.58. The molecule has 0 bridgehead atoms. The zero-order valence-electron chi connectivity index (χ0n) is 15.2. The molecule has 3 rings (SSSR count). The lowest BCUT2D eigenvalue weighted by atomic mass is 10.1. The van der Waals surface area contributed by atoms with Gasteiger partial charge < -0.3 is 15.0 Å². The van der Waals surface area contributed by atoms with Crippen LogP contribution in [0.4, 0.5) is 10.5 Å². The average molecular weight is 340 g/mol. The molecule has 2 aromatic rings. The predicted octanol–water partition coefficient (Wildman–Crippen LogP) is 3.40. The van der Waals surface area contributed by atoms with Gasteiger partial charge in [0.2, 0.25) is 5.88 Å². The summed E-state index contributed by atoms with van der Waals surface area (Å²) >= 11 is 0. The minimum absolute atomic E-state index is 0.0424. The average Bonchev–Trinajstić information content (AvgIpc) is 2.98. The van der Waals surface area contributed by atoms with Crippen LogP contribution in [0.1, 0.15) is 29.1 Å². The molecule has 1 saturated heterocycles. The predicted molar refractivity (Wildman–Crippen MR) is 97.0 cm³/mol. The summed E-state index contributed by atoms with van der Waals surface area (Å²) in [5.41, 5.74) is 4.07. The number of aryl methyl sites for hydroxylation is 4. The summed E-state index contributed by atoms with van der Waals surface area (Å²) in [6.07, 6.45) is 0.752. The summed E-state index contributed by atoms with van der Waals surface area (Å²) in [6.45, 7) is 9.08. The van der Waals surface area contributed by atoms with Crippen LogP contribution in [-0.2, 0) is 0 Å². The van der Waals surface area contributed by atoms with Crippen LogP contribution < -0.4 is 10.1 Å². The van der Waals surface area contributed by atoms with Gasteiger partial charge in [-0.05, 0) is 51.0 Å². The minimum Gasteiger partial charge on any atom is -0.472 e. The number of hydrogen-bond acceptors (Lipinski definition) is 4. The lowest BCUT2D eigenvalue weighted by molar-refractivity contribution is 0.189. The van der Waals surface area contributed by atoms with Crippen molar-refractivity contribution in [2.45, 2.75) is 40.2 Å². The number of aromatic nitrogens is 2. The standard InChI is InChI=1S/C19H24N4O2/c1-12-5-6-16(9-13(12)2)22-19(24)23-8-7-17(11-23)25-18-10-14(3)20-15(4)21-18/h5-6,9-10,17H,7-8,11H2,1-4H3,(H,22,24). The first-order valence-electron chi connectivity index (χ1n) is 8.53. The first-order chi connectivity index (χ1) is 11.9. The van der Waals surface area contributed by atoms with E-state index in [1.165, 1.54) is 5.56 Å². The number of rotatable bonds is 3. The van der Waals surface area contributed by atoms with E-state index in [1.54, 1.807) is 4.90 Å². The Morgan fingerprint density at radius 2 is 1.96 bits per heavy atom. The van der Waals surface area contributed by atoms with E-state index >= 15 is 0 Å². The topological polar surface area (TPSA) is 67.3 Å². The number of likely N-dealkylation sites (tertiary alicyclic amines) is 1. The van der Waals surface area contributed by atoms with Crippen molar-refractivity contribution in [3.8, 4) is 5.88 Å². The third-order valence-electron chi connectivity index (χ3n) is 4.42. The summed E-state index contributed by atoms with van der Waals surface area (Å²) in [5.74, 6) is 1.27. The van der Waals surface area contributed by atoms with Crippen molar-refractivity contribution in [1.82, 2.24) is 14.9 Å². The molecule has 0 saturated carbocycles. The number of carbonyl (C=O) groups excluding carboxylic acids is 1. The third-order valence-corrected chi connectivity index (χ3v) is 4.42. The number of ether oxygens (including phenoxy) is 1. The minimum atomic E-state index is -0.0931. The van der Waals surface area contributed by atoms with Crippen molar-refractivity contribution in [1.29, 1.82) is 0 Å². The zero-order chi connectivity index (χ0) is 18.0. The van der Waals surface area contributed by atoms with E-state index in [1.807, 2.05) is 45.0 Å². The molecule has 1 aliphatic rings. The van der Waals surface area contributed by atoms with E-state index < -0.39 is 0 Å². The number of urea groups is 1. The quantitative estimate of drug-likeness (QED) is 0.930. The van der Waals surface area contributed by atoms with E-state index in [-0.39, 0.29) is 12.1 Å². The highest BCUT2D eigenvalue weighted by Gasteiger charge is 2.28. The Hall–Kier alpha value is -2.63. The molecule has 0 radical (unpaired) electrons. The summed E-state index contributed by atoms with van der Waals surface area (Å²) in [6, 6.07) is 7.66. The molecule has 2 heterocycles. The van der Waals surface area contributed by atoms with Crippen LogP contribution in [0.25, 0.3) is 0 Å². The van der Waals surface area contributed by atoms with Crippen LogP contribution in [0.15, 0.2) is 24.3 Å². The summed E-state index contributed by atoms with van der Waals surface area (Å²) in [5, 5.41) is 2.96. The molecule has 1 unspecified atom stereocenters. The van der Waals surface area contributed by atoms with E-state index in [2.05, 4.69) is 22.2 Å². The van der Waals surface area contributed by atoms with E-state index in [9.17, 15) is 4.79 Å². The van der Waals surface area contributed by atoms with Crippen molar-refractivity contribution in [3.63, 3.8) is 0 Å². The smallest absolute Gasteiger partial charge is 0.321 e. The molecule has 6 heteroatoms. The molecule has 1 aromatic heterocycles. The molecule has 25 heavy (non-hydrogen) atoms. The van der Waals surface area contributed by atoms with E-state index in [0.29, 0.717) is 24.8 Å². The monoisotopic (exact) mass is 340 g/mol. The Morgan fingerprint density at radius 1 is 1.16 bits per heavy atom. The largest absolute Gasteiger partial charge is 0.472 e. The molecule has 1 fully saturated rings.